The van der Waals surface area contributed by atoms with Gasteiger partial charge in [0.15, 0.2) is 0 Å². The van der Waals surface area contributed by atoms with Crippen LogP contribution in [0.15, 0.2) is 65.8 Å². The molecule has 3 heteroatoms. The summed E-state index contributed by atoms with van der Waals surface area (Å²) in [6.45, 7) is 0.382. The highest BCUT2D eigenvalue weighted by Gasteiger charge is 1.91. The van der Waals surface area contributed by atoms with Gasteiger partial charge in [-0.15, -0.1) is 0 Å². The van der Waals surface area contributed by atoms with Crippen molar-refractivity contribution in [3.63, 3.8) is 0 Å². The highest BCUT2D eigenvalue weighted by molar-refractivity contribution is 5.78. The maximum atomic E-state index is 4.94. The van der Waals surface area contributed by atoms with Crippen molar-refractivity contribution in [1.82, 2.24) is 0 Å². The molecule has 0 radical (unpaired) electrons. The smallest absolute Gasteiger partial charge is 0.122 e. The zero-order valence-electron chi connectivity index (χ0n) is 9.32. The molecule has 0 aromatic heterocycles. The summed E-state index contributed by atoms with van der Waals surface area (Å²) in [6.07, 6.45) is 1.60. The van der Waals surface area contributed by atoms with Crippen LogP contribution in [0.4, 0.5) is 0 Å². The molecule has 0 fully saturated rings. The first-order valence-corrected chi connectivity index (χ1v) is 5.36. The van der Waals surface area contributed by atoms with E-state index in [1.165, 1.54) is 0 Å². The average Bonchev–Trinajstić information content (AvgIpc) is 2.41. The third-order valence-corrected chi connectivity index (χ3v) is 2.17. The van der Waals surface area contributed by atoms with Crippen LogP contribution in [0, 0.1) is 0 Å². The summed E-state index contributed by atoms with van der Waals surface area (Å²) in [5, 5.41) is 3.71. The van der Waals surface area contributed by atoms with Gasteiger partial charge in [-0.25, -0.2) is 4.99 Å². The molecule has 0 heterocycles. The van der Waals surface area contributed by atoms with E-state index in [1.54, 1.807) is 6.21 Å². The summed E-state index contributed by atoms with van der Waals surface area (Å²) < 4.78 is 0. The maximum Gasteiger partial charge on any atom is 0.122 e. The van der Waals surface area contributed by atoms with Gasteiger partial charge in [0.1, 0.15) is 6.61 Å². The molecule has 86 valence electrons. The van der Waals surface area contributed by atoms with E-state index in [0.29, 0.717) is 6.61 Å². The topological polar surface area (TPSA) is 30.8 Å². The third kappa shape index (κ3) is 4.09. The summed E-state index contributed by atoms with van der Waals surface area (Å²) in [5.74, 6) is 0. The first-order valence-electron chi connectivity index (χ1n) is 5.36. The van der Waals surface area contributed by atoms with E-state index >= 15 is 0 Å². The van der Waals surface area contributed by atoms with Crippen LogP contribution in [-0.2, 0) is 16.5 Å². The van der Waals surface area contributed by atoms with E-state index in [9.17, 15) is 0 Å². The van der Waals surface area contributed by atoms with Gasteiger partial charge in [0.25, 0.3) is 0 Å². The molecule has 0 aliphatic carbocycles. The molecule has 2 aromatic rings. The SMILES string of the molecule is C(=NOOCc1ccccc1)c1ccccc1. The second kappa shape index (κ2) is 6.45. The van der Waals surface area contributed by atoms with Crippen LogP contribution in [-0.4, -0.2) is 6.21 Å². The standard InChI is InChI=1S/C14H13NO2/c1-3-7-13(8-4-1)11-15-17-16-12-14-9-5-2-6-10-14/h1-11H,12H2. The van der Waals surface area contributed by atoms with E-state index < -0.39 is 0 Å². The number of nitrogens with zero attached hydrogens (tertiary/aromatic N) is 1. The predicted molar refractivity (Wildman–Crippen MR) is 66.4 cm³/mol. The molecular formula is C14H13NO2. The molecular weight excluding hydrogens is 214 g/mol. The molecule has 0 saturated heterocycles. The quantitative estimate of drug-likeness (QED) is 0.340. The zero-order valence-corrected chi connectivity index (χ0v) is 9.32. The Hall–Kier alpha value is -2.13. The minimum atomic E-state index is 0.382. The Balaban J connectivity index is 1.72. The Labute approximate surface area is 100 Å². The molecule has 0 aliphatic rings. The number of rotatable bonds is 5. The molecule has 0 unspecified atom stereocenters. The molecule has 3 nitrogen and oxygen atoms in total. The lowest BCUT2D eigenvalue weighted by atomic mass is 10.2. The average molecular weight is 227 g/mol. The highest BCUT2D eigenvalue weighted by Crippen LogP contribution is 2.01. The van der Waals surface area contributed by atoms with Crippen LogP contribution >= 0.6 is 0 Å². The van der Waals surface area contributed by atoms with Crippen molar-refractivity contribution in [2.24, 2.45) is 5.16 Å². The molecule has 0 spiro atoms. The second-order valence-corrected chi connectivity index (χ2v) is 3.47. The largest absolute Gasteiger partial charge is 0.220 e. The lowest BCUT2D eigenvalue weighted by Crippen LogP contribution is -1.91. The van der Waals surface area contributed by atoms with Crippen molar-refractivity contribution in [3.05, 3.63) is 71.8 Å². The molecule has 0 atom stereocenters. The van der Waals surface area contributed by atoms with Gasteiger partial charge in [0.2, 0.25) is 0 Å². The molecule has 0 N–H and O–H groups in total. The fourth-order valence-electron chi connectivity index (χ4n) is 1.32. The first-order chi connectivity index (χ1) is 8.45. The van der Waals surface area contributed by atoms with Crippen LogP contribution in [0.5, 0.6) is 0 Å². The summed E-state index contributed by atoms with van der Waals surface area (Å²) in [6, 6.07) is 19.5. The third-order valence-electron chi connectivity index (χ3n) is 2.17. The number of hydrogen-bond acceptors (Lipinski definition) is 3. The summed E-state index contributed by atoms with van der Waals surface area (Å²) in [4.78, 5) is 9.65. The predicted octanol–water partition coefficient (Wildman–Crippen LogP) is 3.17. The number of hydrogen-bond donors (Lipinski definition) is 0. The van der Waals surface area contributed by atoms with Gasteiger partial charge in [-0.1, -0.05) is 65.8 Å². The van der Waals surface area contributed by atoms with Crippen LogP contribution < -0.4 is 0 Å². The van der Waals surface area contributed by atoms with Crippen LogP contribution in [0.3, 0.4) is 0 Å². The van der Waals surface area contributed by atoms with E-state index in [1.807, 2.05) is 60.7 Å². The van der Waals surface area contributed by atoms with Gasteiger partial charge in [0, 0.05) is 0 Å². The van der Waals surface area contributed by atoms with E-state index in [4.69, 9.17) is 9.88 Å². The normalized spacial score (nSPS) is 10.6. The minimum absolute atomic E-state index is 0.382. The van der Waals surface area contributed by atoms with Crippen molar-refractivity contribution in [1.29, 1.82) is 0 Å². The van der Waals surface area contributed by atoms with Crippen LogP contribution in [0.25, 0.3) is 0 Å². The van der Waals surface area contributed by atoms with Crippen molar-refractivity contribution in [2.45, 2.75) is 6.61 Å². The monoisotopic (exact) mass is 227 g/mol. The van der Waals surface area contributed by atoms with Gasteiger partial charge in [-0.05, 0) is 11.1 Å². The van der Waals surface area contributed by atoms with Crippen LogP contribution in [0.1, 0.15) is 11.1 Å². The fourth-order valence-corrected chi connectivity index (χ4v) is 1.32. The van der Waals surface area contributed by atoms with Crippen molar-refractivity contribution < 1.29 is 9.88 Å². The fraction of sp³-hybridized carbons (Fsp3) is 0.0714. The van der Waals surface area contributed by atoms with Gasteiger partial charge >= 0.3 is 0 Å². The zero-order chi connectivity index (χ0) is 11.8. The molecule has 2 aromatic carbocycles. The Morgan fingerprint density at radius 2 is 1.53 bits per heavy atom. The van der Waals surface area contributed by atoms with Gasteiger partial charge < -0.3 is 0 Å². The van der Waals surface area contributed by atoms with Crippen LogP contribution in [0.2, 0.25) is 0 Å². The van der Waals surface area contributed by atoms with Gasteiger partial charge in [0.05, 0.1) is 6.21 Å². The van der Waals surface area contributed by atoms with E-state index in [-0.39, 0.29) is 0 Å². The molecule has 0 saturated carbocycles. The summed E-state index contributed by atoms with van der Waals surface area (Å²) >= 11 is 0. The number of benzene rings is 2. The summed E-state index contributed by atoms with van der Waals surface area (Å²) in [7, 11) is 0. The van der Waals surface area contributed by atoms with E-state index in [0.717, 1.165) is 11.1 Å². The second-order valence-electron chi connectivity index (χ2n) is 3.47. The lowest BCUT2D eigenvalue weighted by molar-refractivity contribution is -0.304. The highest BCUT2D eigenvalue weighted by atomic mass is 17.3. The van der Waals surface area contributed by atoms with Crippen molar-refractivity contribution >= 4 is 6.21 Å². The molecule has 2 rings (SSSR count). The Morgan fingerprint density at radius 1 is 0.882 bits per heavy atom. The minimum Gasteiger partial charge on any atom is -0.220 e. The molecule has 0 aliphatic heterocycles. The Morgan fingerprint density at radius 3 is 2.24 bits per heavy atom. The molecule has 0 bridgehead atoms. The summed E-state index contributed by atoms with van der Waals surface area (Å²) in [5.41, 5.74) is 2.01. The first kappa shape index (κ1) is 11.4. The van der Waals surface area contributed by atoms with Crippen molar-refractivity contribution in [3.8, 4) is 0 Å². The maximum absolute atomic E-state index is 4.94. The Kier molecular flexibility index (Phi) is 4.31. The van der Waals surface area contributed by atoms with E-state index in [2.05, 4.69) is 5.16 Å². The van der Waals surface area contributed by atoms with Gasteiger partial charge in [-0.2, -0.15) is 4.89 Å². The Bertz CT molecular complexity index is 454. The lowest BCUT2D eigenvalue weighted by Gasteiger charge is -1.98. The molecule has 0 amide bonds. The number of oxime groups is 1. The van der Waals surface area contributed by atoms with Gasteiger partial charge in [-0.3, -0.25) is 0 Å². The molecule has 17 heavy (non-hydrogen) atoms. The van der Waals surface area contributed by atoms with Crippen molar-refractivity contribution in [2.75, 3.05) is 0 Å².